The molecule has 0 fully saturated rings. The molecule has 0 aromatic heterocycles. The van der Waals surface area contributed by atoms with Gasteiger partial charge in [0, 0.05) is 11.9 Å². The van der Waals surface area contributed by atoms with Gasteiger partial charge in [0.05, 0.1) is 12.7 Å². The molecule has 0 aliphatic carbocycles. The fourth-order valence-electron chi connectivity index (χ4n) is 4.19. The minimum Gasteiger partial charge on any atom is -0.474 e. The van der Waals surface area contributed by atoms with E-state index in [1.807, 2.05) is 11.8 Å². The van der Waals surface area contributed by atoms with Crippen LogP contribution in [0.15, 0.2) is 0 Å². The molecule has 0 amide bonds. The van der Waals surface area contributed by atoms with Crippen LogP contribution in [-0.2, 0) is 18.8 Å². The van der Waals surface area contributed by atoms with Crippen molar-refractivity contribution in [2.24, 2.45) is 0 Å². The summed E-state index contributed by atoms with van der Waals surface area (Å²) in [5, 5.41) is 19.0. The summed E-state index contributed by atoms with van der Waals surface area (Å²) in [5.41, 5.74) is -2.61. The van der Waals surface area contributed by atoms with Gasteiger partial charge in [-0.15, -0.1) is 0 Å². The number of aliphatic carboxylic acids is 1. The first-order valence-electron chi connectivity index (χ1n) is 14.6. The average Bonchev–Trinajstić information content (AvgIpc) is 2.87. The van der Waals surface area contributed by atoms with E-state index in [9.17, 15) is 14.5 Å². The van der Waals surface area contributed by atoms with E-state index >= 15 is 0 Å². The number of ether oxygens (including phenoxy) is 2. The van der Waals surface area contributed by atoms with Gasteiger partial charge >= 0.3 is 20.0 Å². The van der Waals surface area contributed by atoms with Crippen molar-refractivity contribution < 1.29 is 29.0 Å². The Morgan fingerprint density at radius 2 is 1.31 bits per heavy atom. The first kappa shape index (κ1) is 35.8. The Balaban J connectivity index is 4.26. The van der Waals surface area contributed by atoms with Crippen molar-refractivity contribution >= 4 is 26.2 Å². The predicted octanol–water partition coefficient (Wildman–Crippen LogP) is 8.33. The summed E-state index contributed by atoms with van der Waals surface area (Å²) in [5.74, 6) is -0.461. The van der Waals surface area contributed by atoms with Crippen molar-refractivity contribution in [1.29, 1.82) is 0 Å². The molecule has 214 valence electrons. The molecular formula is C28H56O6PS+. The number of thioether (sulfide) groups is 1. The maximum absolute atomic E-state index is 10.9. The van der Waals surface area contributed by atoms with Crippen LogP contribution in [-0.4, -0.2) is 52.0 Å². The van der Waals surface area contributed by atoms with Crippen LogP contribution < -0.4 is 0 Å². The Labute approximate surface area is 227 Å². The lowest BCUT2D eigenvalue weighted by Gasteiger charge is -2.24. The molecule has 4 atom stereocenters. The van der Waals surface area contributed by atoms with E-state index < -0.39 is 20.0 Å². The largest absolute Gasteiger partial charge is 0.474 e. The van der Waals surface area contributed by atoms with Gasteiger partial charge in [-0.2, -0.15) is 11.8 Å². The Bertz CT molecular complexity index is 524. The van der Waals surface area contributed by atoms with Gasteiger partial charge < -0.3 is 19.7 Å². The smallest absolute Gasteiger partial charge is 0.470 e. The van der Waals surface area contributed by atoms with Crippen LogP contribution in [0, 0.1) is 0 Å². The van der Waals surface area contributed by atoms with Gasteiger partial charge in [-0.1, -0.05) is 115 Å². The molecule has 4 unspecified atom stereocenters. The third-order valence-corrected chi connectivity index (χ3v) is 8.81. The highest BCUT2D eigenvalue weighted by Gasteiger charge is 2.47. The van der Waals surface area contributed by atoms with Crippen LogP contribution in [0.1, 0.15) is 136 Å². The number of rotatable bonds is 28. The molecule has 0 aliphatic rings. The van der Waals surface area contributed by atoms with Crippen molar-refractivity contribution in [3.05, 3.63) is 0 Å². The summed E-state index contributed by atoms with van der Waals surface area (Å²) in [6.07, 6.45) is 22.9. The molecule has 0 spiro atoms. The van der Waals surface area contributed by atoms with E-state index in [0.29, 0.717) is 18.3 Å². The van der Waals surface area contributed by atoms with Gasteiger partial charge in [-0.25, -0.2) is 4.79 Å². The quantitative estimate of drug-likeness (QED) is 0.0573. The zero-order valence-corrected chi connectivity index (χ0v) is 25.3. The predicted molar refractivity (Wildman–Crippen MR) is 154 cm³/mol. The highest BCUT2D eigenvalue weighted by Crippen LogP contribution is 2.26. The first-order chi connectivity index (χ1) is 17.4. The number of carboxylic acid groups (broad SMARTS) is 1. The summed E-state index contributed by atoms with van der Waals surface area (Å²) in [6, 6.07) is 0. The van der Waals surface area contributed by atoms with Crippen molar-refractivity contribution in [3.8, 4) is 0 Å². The van der Waals surface area contributed by atoms with Gasteiger partial charge in [-0.05, 0) is 31.9 Å². The van der Waals surface area contributed by atoms with E-state index in [4.69, 9.17) is 14.6 Å². The highest BCUT2D eigenvalue weighted by atomic mass is 32.2. The summed E-state index contributed by atoms with van der Waals surface area (Å²) in [6.45, 7) is 7.05. The monoisotopic (exact) mass is 551 g/mol. The van der Waals surface area contributed by atoms with E-state index in [2.05, 4.69) is 20.8 Å². The molecular weight excluding hydrogens is 495 g/mol. The van der Waals surface area contributed by atoms with Crippen molar-refractivity contribution in [2.75, 3.05) is 19.0 Å². The number of unbranched alkanes of at least 4 members (excludes halogenated alkanes) is 14. The molecule has 0 bridgehead atoms. The van der Waals surface area contributed by atoms with E-state index in [1.165, 1.54) is 108 Å². The SMILES string of the molecule is CCCCCCCCCCCSC(CCCCCCCCC)C(C)OCCCOC(O)([PH+]=O)C(=O)O. The Morgan fingerprint density at radius 3 is 1.81 bits per heavy atom. The molecule has 36 heavy (non-hydrogen) atoms. The minimum atomic E-state index is -2.61. The molecule has 0 aliphatic heterocycles. The molecule has 2 N–H and O–H groups in total. The molecule has 0 heterocycles. The van der Waals surface area contributed by atoms with Crippen LogP contribution in [0.3, 0.4) is 0 Å². The number of carboxylic acids is 1. The number of aliphatic hydroxyl groups is 1. The standard InChI is InChI=1S/C28H55O6PS/c1-4-6-8-10-12-13-15-17-19-24-36-26(21-18-16-14-11-9-7-5-2)25(3)33-22-20-23-34-28(31,35-32)27(29)30/h25-26,31H,4-24H2,1-3H3,(H,29,30)/p+1. The third kappa shape index (κ3) is 19.9. The first-order valence-corrected chi connectivity index (χ1v) is 16.6. The van der Waals surface area contributed by atoms with Crippen LogP contribution >= 0.6 is 20.2 Å². The molecule has 6 nitrogen and oxygen atoms in total. The number of hydrogen-bond acceptors (Lipinski definition) is 6. The maximum Gasteiger partial charge on any atom is 0.470 e. The van der Waals surface area contributed by atoms with Crippen LogP contribution in [0.4, 0.5) is 0 Å². The highest BCUT2D eigenvalue weighted by molar-refractivity contribution is 7.99. The summed E-state index contributed by atoms with van der Waals surface area (Å²) >= 11 is 2.04. The fourth-order valence-corrected chi connectivity index (χ4v) is 5.80. The van der Waals surface area contributed by atoms with Gasteiger partial charge in [0.15, 0.2) is 0 Å². The van der Waals surface area contributed by atoms with Gasteiger partial charge in [0.1, 0.15) is 0 Å². The molecule has 0 saturated carbocycles. The number of carbonyl (C=O) groups is 1. The minimum absolute atomic E-state index is 0.0151. The second kappa shape index (κ2) is 25.1. The lowest BCUT2D eigenvalue weighted by Crippen LogP contribution is -2.36. The average molecular weight is 552 g/mol. The molecule has 0 radical (unpaired) electrons. The summed E-state index contributed by atoms with van der Waals surface area (Å²) < 4.78 is 21.9. The topological polar surface area (TPSA) is 93.1 Å². The summed E-state index contributed by atoms with van der Waals surface area (Å²) in [7, 11) is -1.48. The van der Waals surface area contributed by atoms with Crippen LogP contribution in [0.5, 0.6) is 0 Å². The molecule has 8 heteroatoms. The van der Waals surface area contributed by atoms with E-state index in [0.717, 1.165) is 6.42 Å². The molecule has 0 aromatic carbocycles. The maximum atomic E-state index is 10.9. The van der Waals surface area contributed by atoms with Crippen molar-refractivity contribution in [3.63, 3.8) is 0 Å². The van der Waals surface area contributed by atoms with Crippen LogP contribution in [0.2, 0.25) is 0 Å². The molecule has 0 saturated heterocycles. The molecule has 0 rings (SSSR count). The molecule has 0 aromatic rings. The fraction of sp³-hybridized carbons (Fsp3) is 0.964. The third-order valence-electron chi connectivity index (χ3n) is 6.60. The lowest BCUT2D eigenvalue weighted by atomic mass is 10.1. The lowest BCUT2D eigenvalue weighted by molar-refractivity contribution is -0.190. The van der Waals surface area contributed by atoms with E-state index in [-0.39, 0.29) is 12.7 Å². The normalized spacial score (nSPS) is 15.1. The Hall–Kier alpha value is -0.200. The number of hydrogen-bond donors (Lipinski definition) is 2. The van der Waals surface area contributed by atoms with Crippen molar-refractivity contribution in [2.45, 2.75) is 153 Å². The second-order valence-electron chi connectivity index (χ2n) is 9.98. The van der Waals surface area contributed by atoms with Gasteiger partial charge in [-0.3, -0.25) is 0 Å². The zero-order valence-electron chi connectivity index (χ0n) is 23.4. The Kier molecular flexibility index (Phi) is 25.0. The van der Waals surface area contributed by atoms with Crippen molar-refractivity contribution in [1.82, 2.24) is 0 Å². The Morgan fingerprint density at radius 1 is 0.806 bits per heavy atom. The van der Waals surface area contributed by atoms with E-state index in [1.54, 1.807) is 0 Å². The van der Waals surface area contributed by atoms with Crippen LogP contribution in [0.25, 0.3) is 0 Å². The van der Waals surface area contributed by atoms with Gasteiger partial charge in [0.2, 0.25) is 0 Å². The second-order valence-corrected chi connectivity index (χ2v) is 12.2. The summed E-state index contributed by atoms with van der Waals surface area (Å²) in [4.78, 5) is 10.9. The zero-order chi connectivity index (χ0) is 26.9. The van der Waals surface area contributed by atoms with Gasteiger partial charge in [0.25, 0.3) is 0 Å².